The fourth-order valence-electron chi connectivity index (χ4n) is 4.23. The molecule has 0 radical (unpaired) electrons. The van der Waals surface area contributed by atoms with Gasteiger partial charge < -0.3 is 14.9 Å². The standard InChI is InChI=1S/C18H23N5O3S.C2H4O2/c1-12-13(8-20-23(12)17-6-4-5-7-19-17)18(24)22-9-14-15(21(2)3)11-27(25,26)16(14)10-22;1-2(3)4/h4-8,14-16H,9-11H2,1-3H3;1H3,(H,3,4)/t14-,15+,16-;/m0./s1. The number of rotatable bonds is 3. The SMILES string of the molecule is CC(=O)O.Cc1c(C(=O)N2C[C@H]3[C@H](N(C)C)CS(=O)(=O)[C@H]3C2)cnn1-c1ccccn1. The molecule has 2 saturated heterocycles. The minimum atomic E-state index is -3.18. The maximum atomic E-state index is 13.1. The molecule has 0 aromatic carbocycles. The lowest BCUT2D eigenvalue weighted by Crippen LogP contribution is -2.38. The van der Waals surface area contributed by atoms with Crippen LogP contribution in [0.15, 0.2) is 30.6 Å². The topological polar surface area (TPSA) is 126 Å². The Hall–Kier alpha value is -2.79. The van der Waals surface area contributed by atoms with Gasteiger partial charge in [0.2, 0.25) is 0 Å². The zero-order valence-corrected chi connectivity index (χ0v) is 18.8. The van der Waals surface area contributed by atoms with Crippen LogP contribution in [0.4, 0.5) is 0 Å². The number of likely N-dealkylation sites (tertiary alicyclic amines) is 1. The summed E-state index contributed by atoms with van der Waals surface area (Å²) in [6.45, 7) is 3.62. The Balaban J connectivity index is 0.000000628. The van der Waals surface area contributed by atoms with E-state index in [4.69, 9.17) is 9.90 Å². The monoisotopic (exact) mass is 449 g/mol. The van der Waals surface area contributed by atoms with Gasteiger partial charge in [-0.15, -0.1) is 0 Å². The molecule has 1 N–H and O–H groups in total. The van der Waals surface area contributed by atoms with Crippen molar-refractivity contribution in [2.45, 2.75) is 25.1 Å². The predicted octanol–water partition coefficient (Wildman–Crippen LogP) is 0.466. The molecule has 0 saturated carbocycles. The molecule has 0 unspecified atom stereocenters. The van der Waals surface area contributed by atoms with Crippen LogP contribution in [-0.4, -0.2) is 94.2 Å². The van der Waals surface area contributed by atoms with Crippen molar-refractivity contribution in [3.8, 4) is 5.82 Å². The molecule has 0 aliphatic carbocycles. The lowest BCUT2D eigenvalue weighted by atomic mass is 10.00. The van der Waals surface area contributed by atoms with Gasteiger partial charge in [-0.3, -0.25) is 9.59 Å². The second kappa shape index (κ2) is 8.75. The van der Waals surface area contributed by atoms with Crippen molar-refractivity contribution >= 4 is 21.7 Å². The lowest BCUT2D eigenvalue weighted by molar-refractivity contribution is -0.134. The van der Waals surface area contributed by atoms with E-state index in [1.165, 1.54) is 0 Å². The lowest BCUT2D eigenvalue weighted by Gasteiger charge is -2.25. The molecule has 2 fully saturated rings. The van der Waals surface area contributed by atoms with Crippen molar-refractivity contribution in [1.82, 2.24) is 24.6 Å². The zero-order chi connectivity index (χ0) is 22.9. The van der Waals surface area contributed by atoms with Crippen LogP contribution in [0.2, 0.25) is 0 Å². The summed E-state index contributed by atoms with van der Waals surface area (Å²) < 4.78 is 26.7. The summed E-state index contributed by atoms with van der Waals surface area (Å²) in [5, 5.41) is 11.2. The maximum absolute atomic E-state index is 13.1. The summed E-state index contributed by atoms with van der Waals surface area (Å²) in [5.41, 5.74) is 1.18. The van der Waals surface area contributed by atoms with Crippen LogP contribution >= 0.6 is 0 Å². The molecule has 0 spiro atoms. The number of aliphatic carboxylic acids is 1. The highest BCUT2D eigenvalue weighted by Crippen LogP contribution is 2.36. The van der Waals surface area contributed by atoms with E-state index in [2.05, 4.69) is 10.1 Å². The number of carboxylic acid groups (broad SMARTS) is 1. The van der Waals surface area contributed by atoms with E-state index < -0.39 is 21.1 Å². The largest absolute Gasteiger partial charge is 0.481 e. The second-order valence-electron chi connectivity index (χ2n) is 8.04. The van der Waals surface area contributed by atoms with Crippen molar-refractivity contribution in [2.75, 3.05) is 32.9 Å². The molecule has 4 rings (SSSR count). The number of amides is 1. The van der Waals surface area contributed by atoms with Crippen LogP contribution in [0.3, 0.4) is 0 Å². The quantitative estimate of drug-likeness (QED) is 0.717. The Labute approximate surface area is 181 Å². The molecule has 2 aliphatic heterocycles. The summed E-state index contributed by atoms with van der Waals surface area (Å²) in [6.07, 6.45) is 3.21. The molecule has 3 atom stereocenters. The van der Waals surface area contributed by atoms with Gasteiger partial charge in [0.15, 0.2) is 15.7 Å². The van der Waals surface area contributed by atoms with E-state index in [1.807, 2.05) is 44.1 Å². The Morgan fingerprint density at radius 2 is 1.90 bits per heavy atom. The number of carboxylic acids is 1. The zero-order valence-electron chi connectivity index (χ0n) is 18.0. The van der Waals surface area contributed by atoms with Crippen LogP contribution in [-0.2, 0) is 14.6 Å². The molecule has 1 amide bonds. The van der Waals surface area contributed by atoms with Crippen LogP contribution in [0.5, 0.6) is 0 Å². The fraction of sp³-hybridized carbons (Fsp3) is 0.500. The van der Waals surface area contributed by atoms with Crippen LogP contribution in [0.25, 0.3) is 5.82 Å². The predicted molar refractivity (Wildman–Crippen MR) is 114 cm³/mol. The van der Waals surface area contributed by atoms with E-state index in [9.17, 15) is 13.2 Å². The van der Waals surface area contributed by atoms with Crippen molar-refractivity contribution < 1.29 is 23.1 Å². The van der Waals surface area contributed by atoms with Crippen molar-refractivity contribution in [1.29, 1.82) is 0 Å². The number of nitrogens with zero attached hydrogens (tertiary/aromatic N) is 5. The average molecular weight is 450 g/mol. The van der Waals surface area contributed by atoms with Crippen molar-refractivity contribution in [2.24, 2.45) is 5.92 Å². The van der Waals surface area contributed by atoms with Gasteiger partial charge in [-0.2, -0.15) is 5.10 Å². The molecule has 2 aromatic heterocycles. The van der Waals surface area contributed by atoms with E-state index in [0.29, 0.717) is 23.6 Å². The maximum Gasteiger partial charge on any atom is 0.300 e. The van der Waals surface area contributed by atoms with Gasteiger partial charge in [-0.1, -0.05) is 6.07 Å². The molecule has 31 heavy (non-hydrogen) atoms. The number of carbonyl (C=O) groups excluding carboxylic acids is 1. The van der Waals surface area contributed by atoms with Crippen LogP contribution in [0, 0.1) is 12.8 Å². The summed E-state index contributed by atoms with van der Waals surface area (Å²) in [4.78, 5) is 30.0. The van der Waals surface area contributed by atoms with Crippen molar-refractivity contribution in [3.05, 3.63) is 41.9 Å². The normalized spacial score (nSPS) is 23.9. The Kier molecular flexibility index (Phi) is 6.46. The summed E-state index contributed by atoms with van der Waals surface area (Å²) in [6, 6.07) is 5.45. The molecule has 168 valence electrons. The Morgan fingerprint density at radius 3 is 2.48 bits per heavy atom. The second-order valence-corrected chi connectivity index (χ2v) is 10.3. The number of sulfone groups is 1. The minimum absolute atomic E-state index is 0.0416. The molecule has 2 aliphatic rings. The third-order valence-electron chi connectivity index (χ3n) is 5.72. The average Bonchev–Trinajstić information content (AvgIpc) is 3.36. The number of aromatic nitrogens is 3. The highest BCUT2D eigenvalue weighted by molar-refractivity contribution is 7.92. The van der Waals surface area contributed by atoms with E-state index in [-0.39, 0.29) is 30.2 Å². The molecule has 2 aromatic rings. The smallest absolute Gasteiger partial charge is 0.300 e. The number of pyridine rings is 1. The summed E-state index contributed by atoms with van der Waals surface area (Å²) in [5.74, 6) is -0.229. The van der Waals surface area contributed by atoms with Gasteiger partial charge in [0, 0.05) is 38.2 Å². The Morgan fingerprint density at radius 1 is 1.23 bits per heavy atom. The Bertz CT molecular complexity index is 1060. The van der Waals surface area contributed by atoms with E-state index in [1.54, 1.807) is 22.0 Å². The van der Waals surface area contributed by atoms with E-state index >= 15 is 0 Å². The van der Waals surface area contributed by atoms with E-state index in [0.717, 1.165) is 6.92 Å². The number of hydrogen-bond donors (Lipinski definition) is 1. The molecule has 10 nitrogen and oxygen atoms in total. The first-order chi connectivity index (χ1) is 14.5. The fourth-order valence-corrected chi connectivity index (χ4v) is 6.71. The summed E-state index contributed by atoms with van der Waals surface area (Å²) >= 11 is 0. The van der Waals surface area contributed by atoms with Gasteiger partial charge in [0.1, 0.15) is 0 Å². The molecule has 4 heterocycles. The van der Waals surface area contributed by atoms with Crippen LogP contribution < -0.4 is 0 Å². The van der Waals surface area contributed by atoms with Gasteiger partial charge in [-0.05, 0) is 33.2 Å². The van der Waals surface area contributed by atoms with Gasteiger partial charge in [0.25, 0.3) is 11.9 Å². The first kappa shape index (κ1) is 22.9. The highest BCUT2D eigenvalue weighted by atomic mass is 32.2. The minimum Gasteiger partial charge on any atom is -0.481 e. The molecule has 0 bridgehead atoms. The third kappa shape index (κ3) is 4.62. The van der Waals surface area contributed by atoms with Crippen LogP contribution in [0.1, 0.15) is 23.0 Å². The first-order valence-electron chi connectivity index (χ1n) is 9.85. The van der Waals surface area contributed by atoms with Gasteiger partial charge in [0.05, 0.1) is 28.5 Å². The molecular formula is C20H27N5O5S. The third-order valence-corrected chi connectivity index (χ3v) is 7.95. The summed E-state index contributed by atoms with van der Waals surface area (Å²) in [7, 11) is 0.613. The highest BCUT2D eigenvalue weighted by Gasteiger charge is 2.53. The van der Waals surface area contributed by atoms with Gasteiger partial charge >= 0.3 is 0 Å². The molecular weight excluding hydrogens is 422 g/mol. The molecule has 11 heteroatoms. The number of fused-ring (bicyclic) bond motifs is 1. The number of hydrogen-bond acceptors (Lipinski definition) is 7. The number of carbonyl (C=O) groups is 2. The van der Waals surface area contributed by atoms with Gasteiger partial charge in [-0.25, -0.2) is 18.1 Å². The first-order valence-corrected chi connectivity index (χ1v) is 11.6. The van der Waals surface area contributed by atoms with Crippen molar-refractivity contribution in [3.63, 3.8) is 0 Å².